The van der Waals surface area contributed by atoms with Crippen molar-refractivity contribution in [1.82, 2.24) is 5.32 Å². The number of carboxylic acids is 2. The summed E-state index contributed by atoms with van der Waals surface area (Å²) in [4.78, 5) is 38.7. The zero-order valence-corrected chi connectivity index (χ0v) is 13.6. The molecule has 0 radical (unpaired) electrons. The molecule has 0 amide bonds. The largest absolute Gasteiger partial charge is 0.480 e. The Morgan fingerprint density at radius 3 is 2.05 bits per heavy atom. The first-order chi connectivity index (χ1) is 9.63. The molecule has 0 saturated carbocycles. The van der Waals surface area contributed by atoms with Crippen LogP contribution in [0, 0.1) is 0 Å². The molecule has 0 fully saturated rings. The molecule has 0 aromatic heterocycles. The highest BCUT2D eigenvalue weighted by Gasteiger charge is 2.21. The molecule has 0 spiro atoms. The van der Waals surface area contributed by atoms with Gasteiger partial charge in [0, 0.05) is 11.5 Å². The molecule has 2 unspecified atom stereocenters. The van der Waals surface area contributed by atoms with Crippen LogP contribution in [0.3, 0.4) is 0 Å². The standard InChI is InChI=1S/C9H19N2O7PS2/c10-6(8(12)13)1-3-20-21-4-2-7(9(14)15)11-5-19(16,17)18/h6-7,11H,1-5,10H2,(H,12,13)(H,14,15)(H2,16,17,18). The summed E-state index contributed by atoms with van der Waals surface area (Å²) < 4.78 is 10.7. The van der Waals surface area contributed by atoms with E-state index >= 15 is 0 Å². The predicted molar refractivity (Wildman–Crippen MR) is 81.2 cm³/mol. The molecule has 124 valence electrons. The molecular weight excluding hydrogens is 343 g/mol. The summed E-state index contributed by atoms with van der Waals surface area (Å²) >= 11 is 0. The highest BCUT2D eigenvalue weighted by molar-refractivity contribution is 8.76. The molecule has 12 heteroatoms. The molecule has 0 saturated heterocycles. The lowest BCUT2D eigenvalue weighted by molar-refractivity contribution is -0.140. The molecule has 0 aromatic carbocycles. The molecule has 0 aliphatic heterocycles. The van der Waals surface area contributed by atoms with Crippen molar-refractivity contribution in [2.24, 2.45) is 5.73 Å². The van der Waals surface area contributed by atoms with Crippen molar-refractivity contribution in [3.05, 3.63) is 0 Å². The van der Waals surface area contributed by atoms with Crippen molar-refractivity contribution in [1.29, 1.82) is 0 Å². The SMILES string of the molecule is NC(CCSSCCC(NCP(=O)(O)O)C(=O)O)C(=O)O. The topological polar surface area (TPSA) is 170 Å². The third-order valence-electron chi connectivity index (χ3n) is 2.24. The van der Waals surface area contributed by atoms with Gasteiger partial charge in [-0.05, 0) is 12.8 Å². The summed E-state index contributed by atoms with van der Waals surface area (Å²) in [5, 5.41) is 19.8. The van der Waals surface area contributed by atoms with Crippen LogP contribution in [0.1, 0.15) is 12.8 Å². The predicted octanol–water partition coefficient (Wildman–Crippen LogP) is -0.262. The van der Waals surface area contributed by atoms with Crippen molar-refractivity contribution >= 4 is 41.1 Å². The Hall–Kier alpha value is -0.290. The average Bonchev–Trinajstić information content (AvgIpc) is 2.34. The summed E-state index contributed by atoms with van der Waals surface area (Å²) in [6.07, 6.45) is -0.182. The fourth-order valence-corrected chi connectivity index (χ4v) is 3.78. The van der Waals surface area contributed by atoms with Gasteiger partial charge in [-0.25, -0.2) is 0 Å². The van der Waals surface area contributed by atoms with Gasteiger partial charge in [-0.2, -0.15) is 0 Å². The average molecular weight is 362 g/mol. The lowest BCUT2D eigenvalue weighted by Gasteiger charge is -2.14. The van der Waals surface area contributed by atoms with Gasteiger partial charge in [0.25, 0.3) is 0 Å². The van der Waals surface area contributed by atoms with Crippen LogP contribution in [-0.4, -0.2) is 61.8 Å². The second-order valence-electron chi connectivity index (χ2n) is 4.08. The van der Waals surface area contributed by atoms with E-state index in [1.807, 2.05) is 0 Å². The first-order valence-electron chi connectivity index (χ1n) is 5.87. The quantitative estimate of drug-likeness (QED) is 0.153. The molecule has 2 atom stereocenters. The van der Waals surface area contributed by atoms with E-state index in [0.717, 1.165) is 0 Å². The van der Waals surface area contributed by atoms with E-state index in [2.05, 4.69) is 5.32 Å². The molecule has 0 aromatic rings. The van der Waals surface area contributed by atoms with Crippen LogP contribution >= 0.6 is 29.2 Å². The van der Waals surface area contributed by atoms with Gasteiger partial charge in [-0.3, -0.25) is 19.5 Å². The monoisotopic (exact) mass is 362 g/mol. The molecule has 21 heavy (non-hydrogen) atoms. The van der Waals surface area contributed by atoms with Crippen molar-refractivity contribution in [2.45, 2.75) is 24.9 Å². The first-order valence-corrected chi connectivity index (χ1v) is 10.2. The lowest BCUT2D eigenvalue weighted by Crippen LogP contribution is -2.37. The minimum Gasteiger partial charge on any atom is -0.480 e. The van der Waals surface area contributed by atoms with Crippen molar-refractivity contribution in [3.8, 4) is 0 Å². The molecule has 0 bridgehead atoms. The van der Waals surface area contributed by atoms with Crippen LogP contribution < -0.4 is 11.1 Å². The molecule has 0 heterocycles. The first kappa shape index (κ1) is 20.7. The van der Waals surface area contributed by atoms with Crippen molar-refractivity contribution in [2.75, 3.05) is 17.8 Å². The molecule has 0 aliphatic carbocycles. The summed E-state index contributed by atoms with van der Waals surface area (Å²) in [7, 11) is -1.55. The number of carboxylic acid groups (broad SMARTS) is 2. The number of carbonyl (C=O) groups is 2. The second kappa shape index (κ2) is 10.4. The van der Waals surface area contributed by atoms with Gasteiger partial charge in [0.2, 0.25) is 0 Å². The van der Waals surface area contributed by atoms with Gasteiger partial charge in [0.15, 0.2) is 0 Å². The Morgan fingerprint density at radius 1 is 1.10 bits per heavy atom. The molecule has 7 N–H and O–H groups in total. The zero-order chi connectivity index (χ0) is 16.5. The van der Waals surface area contributed by atoms with Gasteiger partial charge < -0.3 is 25.7 Å². The minimum absolute atomic E-state index is 0.192. The molecular formula is C9H19N2O7PS2. The Labute approximate surface area is 129 Å². The van der Waals surface area contributed by atoms with E-state index in [-0.39, 0.29) is 6.42 Å². The minimum atomic E-state index is -4.29. The number of rotatable bonds is 12. The van der Waals surface area contributed by atoms with Crippen molar-refractivity contribution in [3.63, 3.8) is 0 Å². The summed E-state index contributed by atoms with van der Waals surface area (Å²) in [5.74, 6) is -1.28. The van der Waals surface area contributed by atoms with E-state index in [9.17, 15) is 14.2 Å². The van der Waals surface area contributed by atoms with E-state index in [1.54, 1.807) is 0 Å². The van der Waals surface area contributed by atoms with Gasteiger partial charge in [0.05, 0.1) is 6.29 Å². The fraction of sp³-hybridized carbons (Fsp3) is 0.778. The number of nitrogens with one attached hydrogen (secondary N) is 1. The van der Waals surface area contributed by atoms with Crippen LogP contribution in [0.5, 0.6) is 0 Å². The van der Waals surface area contributed by atoms with E-state index in [1.165, 1.54) is 21.6 Å². The van der Waals surface area contributed by atoms with E-state index < -0.39 is 37.9 Å². The van der Waals surface area contributed by atoms with Gasteiger partial charge >= 0.3 is 19.5 Å². The summed E-state index contributed by atoms with van der Waals surface area (Å²) in [6.45, 7) is 0. The normalized spacial score (nSPS) is 14.6. The van der Waals surface area contributed by atoms with Crippen LogP contribution in [0.25, 0.3) is 0 Å². The molecule has 0 aliphatic rings. The third kappa shape index (κ3) is 12.0. The number of hydrogen-bond donors (Lipinski definition) is 6. The Morgan fingerprint density at radius 2 is 1.62 bits per heavy atom. The van der Waals surface area contributed by atoms with Gasteiger partial charge in [0.1, 0.15) is 12.1 Å². The van der Waals surface area contributed by atoms with Crippen LogP contribution in [0.4, 0.5) is 0 Å². The maximum absolute atomic E-state index is 10.9. The van der Waals surface area contributed by atoms with Crippen LogP contribution in [-0.2, 0) is 14.2 Å². The second-order valence-corrected chi connectivity index (χ2v) is 8.43. The maximum Gasteiger partial charge on any atom is 0.339 e. The molecule has 0 rings (SSSR count). The van der Waals surface area contributed by atoms with Crippen molar-refractivity contribution < 1.29 is 34.2 Å². The number of hydrogen-bond acceptors (Lipinski definition) is 7. The fourth-order valence-electron chi connectivity index (χ4n) is 1.12. The Balaban J connectivity index is 3.82. The lowest BCUT2D eigenvalue weighted by atomic mass is 10.2. The smallest absolute Gasteiger partial charge is 0.339 e. The Kier molecular flexibility index (Phi) is 10.3. The highest BCUT2D eigenvalue weighted by Crippen LogP contribution is 2.32. The Bertz CT molecular complexity index is 392. The van der Waals surface area contributed by atoms with E-state index in [4.69, 9.17) is 25.7 Å². The summed E-state index contributed by atoms with van der Waals surface area (Å²) in [5.41, 5.74) is 5.32. The van der Waals surface area contributed by atoms with Crippen LogP contribution in [0.15, 0.2) is 0 Å². The van der Waals surface area contributed by atoms with Crippen LogP contribution in [0.2, 0.25) is 0 Å². The zero-order valence-electron chi connectivity index (χ0n) is 11.0. The summed E-state index contributed by atoms with van der Waals surface area (Å²) in [6, 6.07) is -1.94. The molecule has 9 nitrogen and oxygen atoms in total. The van der Waals surface area contributed by atoms with Gasteiger partial charge in [-0.1, -0.05) is 21.6 Å². The number of aliphatic carboxylic acids is 2. The number of nitrogens with two attached hydrogens (primary N) is 1. The third-order valence-corrected chi connectivity index (χ3v) is 5.31. The maximum atomic E-state index is 10.9. The van der Waals surface area contributed by atoms with E-state index in [0.29, 0.717) is 17.9 Å². The highest BCUT2D eigenvalue weighted by atomic mass is 33.1. The van der Waals surface area contributed by atoms with Gasteiger partial charge in [-0.15, -0.1) is 0 Å².